The number of aldehydes is 1. The second kappa shape index (κ2) is 11.7. The number of para-hydroxylation sites is 1. The van der Waals surface area contributed by atoms with Crippen molar-refractivity contribution in [1.82, 2.24) is 0 Å². The number of allylic oxidation sites excluding steroid dienone is 5. The number of benzene rings is 2. The van der Waals surface area contributed by atoms with Crippen LogP contribution >= 0.6 is 11.3 Å². The molecule has 0 saturated heterocycles. The summed E-state index contributed by atoms with van der Waals surface area (Å²) in [5.41, 5.74) is 7.97. The first-order chi connectivity index (χ1) is 21.5. The summed E-state index contributed by atoms with van der Waals surface area (Å²) in [6.45, 7) is 14.8. The van der Waals surface area contributed by atoms with E-state index in [2.05, 4.69) is 93.5 Å². The molecule has 1 aromatic heterocycles. The van der Waals surface area contributed by atoms with E-state index in [4.69, 9.17) is 0 Å². The fourth-order valence-corrected chi connectivity index (χ4v) is 7.88. The molecule has 0 radical (unpaired) electrons. The summed E-state index contributed by atoms with van der Waals surface area (Å²) in [4.78, 5) is 29.2. The molecule has 45 heavy (non-hydrogen) atoms. The Labute approximate surface area is 270 Å². The lowest BCUT2D eigenvalue weighted by Gasteiger charge is -2.29. The highest BCUT2D eigenvalue weighted by Crippen LogP contribution is 2.51. The van der Waals surface area contributed by atoms with E-state index in [1.54, 1.807) is 0 Å². The van der Waals surface area contributed by atoms with Gasteiger partial charge < -0.3 is 10.0 Å². The quantitative estimate of drug-likeness (QED) is 0.140. The first-order valence-corrected chi connectivity index (χ1v) is 17.0. The van der Waals surface area contributed by atoms with Crippen molar-refractivity contribution < 1.29 is 19.3 Å². The summed E-state index contributed by atoms with van der Waals surface area (Å²) >= 11 is 1.49. The maximum atomic E-state index is 13.8. The van der Waals surface area contributed by atoms with Crippen LogP contribution in [0.4, 0.5) is 11.4 Å². The molecule has 5 nitrogen and oxygen atoms in total. The van der Waals surface area contributed by atoms with Gasteiger partial charge in [0.1, 0.15) is 12.3 Å². The highest BCUT2D eigenvalue weighted by Gasteiger charge is 2.47. The molecule has 6 rings (SSSR count). The van der Waals surface area contributed by atoms with E-state index < -0.39 is 5.41 Å². The van der Waals surface area contributed by atoms with Gasteiger partial charge in [0.15, 0.2) is 12.0 Å². The molecule has 2 aromatic carbocycles. The van der Waals surface area contributed by atoms with Crippen LogP contribution in [0.15, 0.2) is 89.4 Å². The summed E-state index contributed by atoms with van der Waals surface area (Å²) < 4.78 is 2.33. The molecule has 0 saturated carbocycles. The van der Waals surface area contributed by atoms with Crippen LogP contribution in [0.1, 0.15) is 88.0 Å². The van der Waals surface area contributed by atoms with Crippen molar-refractivity contribution >= 4 is 40.5 Å². The zero-order chi connectivity index (χ0) is 32.1. The number of carbonyl (C=O) groups excluding carboxylic acids is 2. The third-order valence-electron chi connectivity index (χ3n) is 9.75. The molecule has 0 atom stereocenters. The van der Waals surface area contributed by atoms with Crippen molar-refractivity contribution in [2.24, 2.45) is 0 Å². The van der Waals surface area contributed by atoms with Crippen molar-refractivity contribution in [2.75, 3.05) is 18.0 Å². The maximum absolute atomic E-state index is 13.8. The van der Waals surface area contributed by atoms with E-state index in [1.807, 2.05) is 24.3 Å². The van der Waals surface area contributed by atoms with Gasteiger partial charge in [-0.3, -0.25) is 9.59 Å². The van der Waals surface area contributed by atoms with Crippen LogP contribution in [-0.2, 0) is 15.6 Å². The van der Waals surface area contributed by atoms with E-state index >= 15 is 0 Å². The summed E-state index contributed by atoms with van der Waals surface area (Å²) in [5.74, 6) is -0.0392. The third kappa shape index (κ3) is 5.04. The Balaban J connectivity index is 1.41. The predicted octanol–water partition coefficient (Wildman–Crippen LogP) is 9.21. The molecule has 1 N–H and O–H groups in total. The molecule has 3 aliphatic rings. The van der Waals surface area contributed by atoms with Crippen LogP contribution in [0.3, 0.4) is 0 Å². The van der Waals surface area contributed by atoms with Gasteiger partial charge in [-0.2, -0.15) is 4.58 Å². The Morgan fingerprint density at radius 1 is 0.911 bits per heavy atom. The molecule has 0 amide bonds. The van der Waals surface area contributed by atoms with E-state index in [0.717, 1.165) is 72.6 Å². The van der Waals surface area contributed by atoms with Crippen molar-refractivity contribution in [3.8, 4) is 10.4 Å². The molecule has 0 unspecified atom stereocenters. The van der Waals surface area contributed by atoms with Gasteiger partial charge in [-0.05, 0) is 61.7 Å². The van der Waals surface area contributed by atoms with Gasteiger partial charge in [0.2, 0.25) is 11.5 Å². The molecule has 0 fully saturated rings. The van der Waals surface area contributed by atoms with Gasteiger partial charge in [-0.1, -0.05) is 64.8 Å². The highest BCUT2D eigenvalue weighted by molar-refractivity contribution is 7.17. The van der Waals surface area contributed by atoms with Gasteiger partial charge in [0.05, 0.1) is 21.4 Å². The molecule has 6 heteroatoms. The van der Waals surface area contributed by atoms with E-state index in [9.17, 15) is 14.7 Å². The average molecular weight is 620 g/mol. The first-order valence-electron chi connectivity index (χ1n) is 16.2. The number of aliphatic hydroxyl groups excluding tert-OH is 1. The standard InChI is InChI=1S/C39H42N2O3S/c1-7-9-19-40-31-14-12-11-13-29(31)38(3,4)34(40)22-27-36(43)28(37(27)44)23-35-39(5,6)30-21-25(33-18-16-26(24-42)45-33)15-17-32(30)41(35)20-10-8-2/h11-18,21-24H,7-10,19-20H2,1-6H3/p+1. The summed E-state index contributed by atoms with van der Waals surface area (Å²) in [6, 6.07) is 18.8. The largest absolute Gasteiger partial charge is 0.506 e. The lowest BCUT2D eigenvalue weighted by Crippen LogP contribution is -2.32. The Morgan fingerprint density at radius 2 is 1.67 bits per heavy atom. The normalized spacial score (nSPS) is 19.9. The molecule has 0 spiro atoms. The number of anilines is 1. The Kier molecular flexibility index (Phi) is 8.07. The summed E-state index contributed by atoms with van der Waals surface area (Å²) in [6.07, 6.45) is 8.92. The Bertz CT molecular complexity index is 1830. The number of unbranched alkanes of at least 4 members (excludes halogenated alkanes) is 2. The number of hydrogen-bond acceptors (Lipinski definition) is 5. The van der Waals surface area contributed by atoms with Crippen molar-refractivity contribution in [1.29, 1.82) is 0 Å². The number of ketones is 1. The van der Waals surface area contributed by atoms with E-state index in [-0.39, 0.29) is 17.0 Å². The fraction of sp³-hybridized carbons (Fsp3) is 0.359. The van der Waals surface area contributed by atoms with Gasteiger partial charge >= 0.3 is 0 Å². The van der Waals surface area contributed by atoms with Crippen LogP contribution in [0, 0.1) is 0 Å². The summed E-state index contributed by atoms with van der Waals surface area (Å²) in [5, 5.41) is 11.4. The van der Waals surface area contributed by atoms with E-state index in [0.29, 0.717) is 16.0 Å². The highest BCUT2D eigenvalue weighted by atomic mass is 32.1. The minimum Gasteiger partial charge on any atom is -0.506 e. The lowest BCUT2D eigenvalue weighted by molar-refractivity contribution is -0.438. The van der Waals surface area contributed by atoms with Gasteiger partial charge in [0.25, 0.3) is 0 Å². The molecule has 3 aromatic rings. The number of fused-ring (bicyclic) bond motifs is 2. The van der Waals surface area contributed by atoms with Crippen LogP contribution in [0.25, 0.3) is 10.4 Å². The molecule has 1 aliphatic carbocycles. The minimum absolute atomic E-state index is 0.0741. The van der Waals surface area contributed by atoms with Crippen LogP contribution in [0.5, 0.6) is 0 Å². The van der Waals surface area contributed by atoms with Crippen LogP contribution in [0.2, 0.25) is 0 Å². The molecular weight excluding hydrogens is 577 g/mol. The second-order valence-corrected chi connectivity index (χ2v) is 14.5. The minimum atomic E-state index is -0.391. The predicted molar refractivity (Wildman–Crippen MR) is 185 cm³/mol. The maximum Gasteiger partial charge on any atom is 0.209 e. The van der Waals surface area contributed by atoms with Crippen molar-refractivity contribution in [3.63, 3.8) is 0 Å². The third-order valence-corrected chi connectivity index (χ3v) is 10.8. The average Bonchev–Trinajstić information content (AvgIpc) is 3.66. The molecule has 0 bridgehead atoms. The topological polar surface area (TPSA) is 60.6 Å². The lowest BCUT2D eigenvalue weighted by atomic mass is 9.77. The number of nitrogens with zero attached hydrogens (tertiary/aromatic N) is 2. The van der Waals surface area contributed by atoms with Crippen molar-refractivity contribution in [3.05, 3.63) is 105 Å². The number of hydrogen-bond donors (Lipinski definition) is 1. The van der Waals surface area contributed by atoms with E-state index in [1.165, 1.54) is 28.2 Å². The van der Waals surface area contributed by atoms with Crippen molar-refractivity contribution in [2.45, 2.75) is 78.1 Å². The molecule has 3 heterocycles. The van der Waals surface area contributed by atoms with Gasteiger partial charge in [0, 0.05) is 52.3 Å². The molecule has 232 valence electrons. The van der Waals surface area contributed by atoms with Gasteiger partial charge in [-0.25, -0.2) is 0 Å². The fourth-order valence-electron chi connectivity index (χ4n) is 7.06. The monoisotopic (exact) mass is 619 g/mol. The summed E-state index contributed by atoms with van der Waals surface area (Å²) in [7, 11) is 0. The smallest absolute Gasteiger partial charge is 0.209 e. The second-order valence-electron chi connectivity index (χ2n) is 13.4. The number of aliphatic hydroxyl groups is 1. The van der Waals surface area contributed by atoms with Gasteiger partial charge in [-0.15, -0.1) is 11.3 Å². The number of rotatable bonds is 10. The number of carbonyl (C=O) groups is 2. The number of Topliss-reactive ketones (excluding diaryl/α,β-unsaturated/α-hetero) is 1. The van der Waals surface area contributed by atoms with Crippen LogP contribution in [-0.4, -0.2) is 40.6 Å². The zero-order valence-corrected chi connectivity index (χ0v) is 28.1. The molecule has 2 aliphatic heterocycles. The number of thiophene rings is 1. The Hall–Kier alpha value is -4.03. The first kappa shape index (κ1) is 31.0. The molecular formula is C39H43N2O3S+. The zero-order valence-electron chi connectivity index (χ0n) is 27.2. The Morgan fingerprint density at radius 3 is 2.36 bits per heavy atom. The SMILES string of the molecule is CCCCN1/C(=C\C2=C(O)C(=C/C3=[N+](CCCC)c4ccccc4C3(C)C)/C2=O)C(C)(C)c2cc(-c3ccc(C=O)s3)ccc21. The van der Waals surface area contributed by atoms with Crippen LogP contribution < -0.4 is 4.90 Å².